The number of aromatic nitrogens is 1. The number of carbonyl (C=O) groups excluding carboxylic acids is 1. The van der Waals surface area contributed by atoms with Gasteiger partial charge in [0.05, 0.1) is 19.2 Å². The standard InChI is InChI=1S/C22H21F3N4O4S/c1-21(12-3-5-13(23)6-4-12)16(20(32)33-2)14(27-17(28-21)18-26-7-8-34-18)10-29-11-22(24,25)9-15(29)19(30)31/h3-8,15H,9-11H2,1-2H3,(H,27,28)(H,30,31)/t15-,21-/m0/s1. The number of likely N-dealkylation sites (tertiary alicyclic amines) is 1. The third-order valence-electron chi connectivity index (χ3n) is 5.84. The van der Waals surface area contributed by atoms with Crippen molar-refractivity contribution in [1.82, 2.24) is 15.2 Å². The molecule has 2 aromatic rings. The van der Waals surface area contributed by atoms with Crippen LogP contribution in [0.15, 0.2) is 52.1 Å². The van der Waals surface area contributed by atoms with E-state index in [0.717, 1.165) is 4.90 Å². The van der Waals surface area contributed by atoms with Crippen LogP contribution in [-0.2, 0) is 19.9 Å². The summed E-state index contributed by atoms with van der Waals surface area (Å²) < 4.78 is 46.9. The summed E-state index contributed by atoms with van der Waals surface area (Å²) in [5.41, 5.74) is -0.795. The number of benzene rings is 1. The quantitative estimate of drug-likeness (QED) is 0.595. The maximum atomic E-state index is 14.1. The molecule has 4 rings (SSSR count). The highest BCUT2D eigenvalue weighted by atomic mass is 32.1. The lowest BCUT2D eigenvalue weighted by Crippen LogP contribution is -2.46. The van der Waals surface area contributed by atoms with Crippen LogP contribution in [-0.4, -0.2) is 64.9 Å². The van der Waals surface area contributed by atoms with E-state index in [1.54, 1.807) is 18.5 Å². The molecule has 180 valence electrons. The molecule has 8 nitrogen and oxygen atoms in total. The number of amidine groups is 1. The topological polar surface area (TPSA) is 104 Å². The van der Waals surface area contributed by atoms with Gasteiger partial charge in [-0.1, -0.05) is 12.1 Å². The van der Waals surface area contributed by atoms with Crippen molar-refractivity contribution in [3.63, 3.8) is 0 Å². The Hall–Kier alpha value is -3.25. The number of aliphatic carboxylic acids is 1. The molecule has 0 radical (unpaired) electrons. The zero-order valence-electron chi connectivity index (χ0n) is 18.2. The van der Waals surface area contributed by atoms with Gasteiger partial charge in [0, 0.05) is 30.2 Å². The van der Waals surface area contributed by atoms with E-state index in [2.05, 4.69) is 10.3 Å². The lowest BCUT2D eigenvalue weighted by molar-refractivity contribution is -0.142. The molecule has 2 atom stereocenters. The molecule has 0 spiro atoms. The van der Waals surface area contributed by atoms with Crippen LogP contribution in [0.5, 0.6) is 0 Å². The molecule has 3 heterocycles. The van der Waals surface area contributed by atoms with E-state index < -0.39 is 48.2 Å². The normalized spacial score (nSPS) is 24.5. The minimum absolute atomic E-state index is 0.00118. The van der Waals surface area contributed by atoms with Crippen LogP contribution in [0.3, 0.4) is 0 Å². The average Bonchev–Trinajstić information content (AvgIpc) is 3.41. The van der Waals surface area contributed by atoms with Crippen LogP contribution in [0, 0.1) is 5.82 Å². The highest BCUT2D eigenvalue weighted by Gasteiger charge is 2.50. The fraction of sp³-hybridized carbons (Fsp3) is 0.364. The highest BCUT2D eigenvalue weighted by Crippen LogP contribution is 2.40. The number of rotatable bonds is 6. The summed E-state index contributed by atoms with van der Waals surface area (Å²) in [7, 11) is 1.17. The number of thiazole rings is 1. The first-order valence-electron chi connectivity index (χ1n) is 10.2. The Morgan fingerprint density at radius 1 is 1.32 bits per heavy atom. The molecule has 0 bridgehead atoms. The van der Waals surface area contributed by atoms with Gasteiger partial charge < -0.3 is 15.2 Å². The monoisotopic (exact) mass is 494 g/mol. The second-order valence-electron chi connectivity index (χ2n) is 8.17. The third kappa shape index (κ3) is 4.42. The Morgan fingerprint density at radius 2 is 2.03 bits per heavy atom. The van der Waals surface area contributed by atoms with Gasteiger partial charge in [0.1, 0.15) is 17.4 Å². The number of hydrogen-bond donors (Lipinski definition) is 2. The summed E-state index contributed by atoms with van der Waals surface area (Å²) in [4.78, 5) is 34.7. The van der Waals surface area contributed by atoms with Gasteiger partial charge >= 0.3 is 11.9 Å². The van der Waals surface area contributed by atoms with Crippen molar-refractivity contribution >= 4 is 29.1 Å². The van der Waals surface area contributed by atoms with Crippen LogP contribution in [0.4, 0.5) is 13.2 Å². The zero-order chi connectivity index (χ0) is 24.7. The summed E-state index contributed by atoms with van der Waals surface area (Å²) in [5.74, 6) is -5.59. The molecule has 0 aliphatic carbocycles. The SMILES string of the molecule is COC(=O)C1=C(CN2CC(F)(F)C[C@H]2C(=O)O)NC(c2nccs2)=N[C@@]1(C)c1ccc(F)cc1. The Balaban J connectivity index is 1.86. The number of aliphatic imine (C=N–C) groups is 1. The summed E-state index contributed by atoms with van der Waals surface area (Å²) in [6.07, 6.45) is 0.714. The van der Waals surface area contributed by atoms with Crippen molar-refractivity contribution < 1.29 is 32.6 Å². The van der Waals surface area contributed by atoms with Crippen LogP contribution in [0.25, 0.3) is 0 Å². The number of nitrogens with one attached hydrogen (secondary N) is 1. The number of alkyl halides is 2. The maximum Gasteiger partial charge on any atom is 0.338 e. The van der Waals surface area contributed by atoms with Crippen molar-refractivity contribution in [2.24, 2.45) is 4.99 Å². The maximum absolute atomic E-state index is 14.1. The minimum Gasteiger partial charge on any atom is -0.480 e. The molecule has 12 heteroatoms. The predicted octanol–water partition coefficient (Wildman–Crippen LogP) is 2.77. The number of carbonyl (C=O) groups is 2. The number of nitrogens with zero attached hydrogens (tertiary/aromatic N) is 3. The molecule has 0 unspecified atom stereocenters. The first-order valence-corrected chi connectivity index (χ1v) is 11.1. The number of carboxylic acids is 1. The third-order valence-corrected chi connectivity index (χ3v) is 6.62. The highest BCUT2D eigenvalue weighted by molar-refractivity contribution is 7.11. The minimum atomic E-state index is -3.20. The van der Waals surface area contributed by atoms with Crippen molar-refractivity contribution in [3.05, 3.63) is 63.5 Å². The van der Waals surface area contributed by atoms with E-state index in [4.69, 9.17) is 9.73 Å². The van der Waals surface area contributed by atoms with E-state index in [1.165, 1.54) is 42.7 Å². The summed E-state index contributed by atoms with van der Waals surface area (Å²) in [6.45, 7) is 0.521. The van der Waals surface area contributed by atoms with Gasteiger partial charge in [-0.25, -0.2) is 27.9 Å². The van der Waals surface area contributed by atoms with Crippen LogP contribution < -0.4 is 5.32 Å². The molecular weight excluding hydrogens is 473 g/mol. The molecule has 34 heavy (non-hydrogen) atoms. The van der Waals surface area contributed by atoms with E-state index >= 15 is 0 Å². The van der Waals surface area contributed by atoms with Crippen LogP contribution in [0.2, 0.25) is 0 Å². The van der Waals surface area contributed by atoms with Gasteiger partial charge in [-0.3, -0.25) is 9.69 Å². The van der Waals surface area contributed by atoms with Crippen molar-refractivity contribution in [2.45, 2.75) is 30.8 Å². The largest absolute Gasteiger partial charge is 0.480 e. The molecule has 1 aromatic heterocycles. The molecule has 1 fully saturated rings. The predicted molar refractivity (Wildman–Crippen MR) is 117 cm³/mol. The Bertz CT molecular complexity index is 1170. The Morgan fingerprint density at radius 3 is 2.62 bits per heavy atom. The number of hydrogen-bond acceptors (Lipinski definition) is 8. The van der Waals surface area contributed by atoms with Crippen molar-refractivity contribution in [2.75, 3.05) is 20.2 Å². The molecule has 2 aliphatic rings. The first kappa shape index (κ1) is 23.9. The van der Waals surface area contributed by atoms with Gasteiger partial charge in [0.15, 0.2) is 10.8 Å². The van der Waals surface area contributed by atoms with E-state index in [9.17, 15) is 27.9 Å². The number of methoxy groups -OCH3 is 1. The van der Waals surface area contributed by atoms with Crippen LogP contribution >= 0.6 is 11.3 Å². The molecule has 1 aromatic carbocycles. The molecule has 2 N–H and O–H groups in total. The number of carboxylic acid groups (broad SMARTS) is 1. The molecule has 1 saturated heterocycles. The summed E-state index contributed by atoms with van der Waals surface area (Å²) in [5, 5.41) is 14.7. The first-order chi connectivity index (χ1) is 16.0. The van der Waals surface area contributed by atoms with Crippen LogP contribution in [0.1, 0.15) is 23.9 Å². The number of esters is 1. The lowest BCUT2D eigenvalue weighted by Gasteiger charge is -2.36. The second-order valence-corrected chi connectivity index (χ2v) is 9.06. The van der Waals surface area contributed by atoms with E-state index in [0.29, 0.717) is 10.6 Å². The second kappa shape index (κ2) is 8.84. The molecule has 0 saturated carbocycles. The fourth-order valence-electron chi connectivity index (χ4n) is 4.27. The van der Waals surface area contributed by atoms with Crippen molar-refractivity contribution in [1.29, 1.82) is 0 Å². The molecular formula is C22H21F3N4O4S. The number of ether oxygens (including phenoxy) is 1. The Kier molecular flexibility index (Phi) is 6.21. The Labute approximate surface area is 196 Å². The van der Waals surface area contributed by atoms with Gasteiger partial charge in [0.2, 0.25) is 0 Å². The summed E-state index contributed by atoms with van der Waals surface area (Å²) in [6, 6.07) is 3.93. The van der Waals surface area contributed by atoms with Gasteiger partial charge in [-0.05, 0) is 24.6 Å². The van der Waals surface area contributed by atoms with Gasteiger partial charge in [-0.15, -0.1) is 11.3 Å². The number of halogens is 3. The van der Waals surface area contributed by atoms with Crippen molar-refractivity contribution in [3.8, 4) is 0 Å². The lowest BCUT2D eigenvalue weighted by atomic mass is 9.82. The smallest absolute Gasteiger partial charge is 0.338 e. The zero-order valence-corrected chi connectivity index (χ0v) is 19.0. The van der Waals surface area contributed by atoms with E-state index in [1.807, 2.05) is 0 Å². The summed E-state index contributed by atoms with van der Waals surface area (Å²) >= 11 is 1.26. The van der Waals surface area contributed by atoms with Gasteiger partial charge in [0.25, 0.3) is 5.92 Å². The van der Waals surface area contributed by atoms with Gasteiger partial charge in [-0.2, -0.15) is 0 Å². The van der Waals surface area contributed by atoms with E-state index in [-0.39, 0.29) is 23.7 Å². The molecule has 2 aliphatic heterocycles. The average molecular weight is 494 g/mol. The molecule has 0 amide bonds. The fourth-order valence-corrected chi connectivity index (χ4v) is 4.85.